The Labute approximate surface area is 132 Å². The molecule has 3 N–H and O–H groups in total. The van der Waals surface area contributed by atoms with Gasteiger partial charge in [0.05, 0.1) is 5.92 Å². The van der Waals surface area contributed by atoms with Gasteiger partial charge in [0.1, 0.15) is 10.7 Å². The fourth-order valence-electron chi connectivity index (χ4n) is 2.60. The van der Waals surface area contributed by atoms with Crippen LogP contribution in [0.2, 0.25) is 0 Å². The first-order valence-electron chi connectivity index (χ1n) is 7.01. The monoisotopic (exact) mass is 344 g/mol. The largest absolute Gasteiger partial charge is 0.481 e. The second-order valence-electron chi connectivity index (χ2n) is 5.49. The molecular weight excluding hydrogens is 327 g/mol. The van der Waals surface area contributed by atoms with Crippen LogP contribution < -0.4 is 10.0 Å². The number of carbonyl (C=O) groups excluding carboxylic acids is 1. The van der Waals surface area contributed by atoms with E-state index in [1.807, 2.05) is 0 Å². The fraction of sp³-hybridized carbons (Fsp3) is 0.429. The van der Waals surface area contributed by atoms with E-state index in [0.717, 1.165) is 12.1 Å². The minimum atomic E-state index is -4.10. The molecule has 0 aromatic heterocycles. The SMILES string of the molecule is CC(=O)Nc1ccc(S(=O)(=O)N[C@@H]2CC[C@H](C(=O)O)C2)c(F)c1. The van der Waals surface area contributed by atoms with Crippen LogP contribution in [0.25, 0.3) is 0 Å². The number of halogens is 1. The molecule has 0 radical (unpaired) electrons. The van der Waals surface area contributed by atoms with E-state index in [-0.39, 0.29) is 12.1 Å². The van der Waals surface area contributed by atoms with Crippen molar-refractivity contribution in [2.45, 2.75) is 37.1 Å². The number of carboxylic acids is 1. The Morgan fingerprint density at radius 1 is 1.30 bits per heavy atom. The zero-order valence-corrected chi connectivity index (χ0v) is 13.2. The van der Waals surface area contributed by atoms with Gasteiger partial charge in [-0.25, -0.2) is 17.5 Å². The Morgan fingerprint density at radius 3 is 2.52 bits per heavy atom. The van der Waals surface area contributed by atoms with Crippen LogP contribution in [-0.4, -0.2) is 31.4 Å². The maximum Gasteiger partial charge on any atom is 0.306 e. The van der Waals surface area contributed by atoms with Crippen LogP contribution in [0.3, 0.4) is 0 Å². The zero-order chi connectivity index (χ0) is 17.2. The lowest BCUT2D eigenvalue weighted by atomic mass is 10.1. The summed E-state index contributed by atoms with van der Waals surface area (Å²) < 4.78 is 40.8. The van der Waals surface area contributed by atoms with Gasteiger partial charge in [0.25, 0.3) is 0 Å². The molecule has 1 saturated carbocycles. The van der Waals surface area contributed by atoms with E-state index >= 15 is 0 Å². The van der Waals surface area contributed by atoms with Crippen LogP contribution in [0.1, 0.15) is 26.2 Å². The summed E-state index contributed by atoms with van der Waals surface area (Å²) in [4.78, 5) is 21.3. The Kier molecular flexibility index (Phi) is 5.00. The molecule has 1 aromatic carbocycles. The third-order valence-corrected chi connectivity index (χ3v) is 5.20. The summed E-state index contributed by atoms with van der Waals surface area (Å²) in [6.45, 7) is 1.25. The normalized spacial score (nSPS) is 21.1. The van der Waals surface area contributed by atoms with Crippen molar-refractivity contribution in [2.75, 3.05) is 5.32 Å². The van der Waals surface area contributed by atoms with Crippen LogP contribution in [0, 0.1) is 11.7 Å². The topological polar surface area (TPSA) is 113 Å². The quantitative estimate of drug-likeness (QED) is 0.745. The predicted octanol–water partition coefficient (Wildman–Crippen LogP) is 1.32. The molecule has 0 spiro atoms. The summed E-state index contributed by atoms with van der Waals surface area (Å²) in [6, 6.07) is 2.74. The van der Waals surface area contributed by atoms with Gasteiger partial charge in [0.2, 0.25) is 15.9 Å². The molecule has 0 heterocycles. The van der Waals surface area contributed by atoms with E-state index in [1.54, 1.807) is 0 Å². The number of hydrogen-bond donors (Lipinski definition) is 3. The van der Waals surface area contributed by atoms with Gasteiger partial charge in [-0.15, -0.1) is 0 Å². The maximum absolute atomic E-state index is 14.0. The zero-order valence-electron chi connectivity index (χ0n) is 12.4. The number of aliphatic carboxylic acids is 1. The molecule has 9 heteroatoms. The van der Waals surface area contributed by atoms with E-state index in [1.165, 1.54) is 13.0 Å². The van der Waals surface area contributed by atoms with Crippen molar-refractivity contribution in [1.29, 1.82) is 0 Å². The van der Waals surface area contributed by atoms with E-state index in [9.17, 15) is 22.4 Å². The molecule has 0 aliphatic heterocycles. The molecule has 1 amide bonds. The van der Waals surface area contributed by atoms with Crippen molar-refractivity contribution in [3.05, 3.63) is 24.0 Å². The number of hydrogen-bond acceptors (Lipinski definition) is 4. The number of carboxylic acid groups (broad SMARTS) is 1. The lowest BCUT2D eigenvalue weighted by Crippen LogP contribution is -2.33. The molecular formula is C14H17FN2O5S. The summed E-state index contributed by atoms with van der Waals surface area (Å²) in [5.74, 6) is -2.94. The minimum absolute atomic E-state index is 0.153. The number of rotatable bonds is 5. The summed E-state index contributed by atoms with van der Waals surface area (Å²) in [5, 5.41) is 11.3. The molecule has 0 saturated heterocycles. The van der Waals surface area contributed by atoms with E-state index in [4.69, 9.17) is 5.11 Å². The minimum Gasteiger partial charge on any atom is -0.481 e. The highest BCUT2D eigenvalue weighted by molar-refractivity contribution is 7.89. The van der Waals surface area contributed by atoms with Gasteiger partial charge >= 0.3 is 5.97 Å². The summed E-state index contributed by atoms with van der Waals surface area (Å²) in [7, 11) is -4.10. The second kappa shape index (κ2) is 6.63. The number of sulfonamides is 1. The summed E-state index contributed by atoms with van der Waals surface area (Å²) in [5.41, 5.74) is 0.153. The molecule has 1 aromatic rings. The predicted molar refractivity (Wildman–Crippen MR) is 79.8 cm³/mol. The molecule has 0 unspecified atom stereocenters. The average molecular weight is 344 g/mol. The standard InChI is InChI=1S/C14H17FN2O5S/c1-8(18)16-10-4-5-13(12(15)7-10)23(21,22)17-11-3-2-9(6-11)14(19)20/h4-5,7,9,11,17H,2-3,6H2,1H3,(H,16,18)(H,19,20)/t9-,11+/m0/s1. The van der Waals surface area contributed by atoms with Crippen molar-refractivity contribution < 1.29 is 27.5 Å². The molecule has 0 bridgehead atoms. The van der Waals surface area contributed by atoms with Gasteiger partial charge in [-0.3, -0.25) is 9.59 Å². The Balaban J connectivity index is 2.14. The Bertz CT molecular complexity index is 735. The molecule has 2 rings (SSSR count). The molecule has 2 atom stereocenters. The third-order valence-electron chi connectivity index (χ3n) is 3.65. The van der Waals surface area contributed by atoms with Crippen molar-refractivity contribution >= 4 is 27.6 Å². The fourth-order valence-corrected chi connectivity index (χ4v) is 3.94. The second-order valence-corrected chi connectivity index (χ2v) is 7.18. The smallest absolute Gasteiger partial charge is 0.306 e. The van der Waals surface area contributed by atoms with E-state index < -0.39 is 44.6 Å². The Hall–Kier alpha value is -2.00. The molecule has 7 nitrogen and oxygen atoms in total. The highest BCUT2D eigenvalue weighted by Crippen LogP contribution is 2.27. The Morgan fingerprint density at radius 2 is 2.00 bits per heavy atom. The van der Waals surface area contributed by atoms with E-state index in [0.29, 0.717) is 12.8 Å². The summed E-state index contributed by atoms with van der Waals surface area (Å²) >= 11 is 0. The van der Waals surface area contributed by atoms with Gasteiger partial charge in [0, 0.05) is 18.7 Å². The van der Waals surface area contributed by atoms with E-state index in [2.05, 4.69) is 10.0 Å². The highest BCUT2D eigenvalue weighted by atomic mass is 32.2. The van der Waals surface area contributed by atoms with Crippen LogP contribution in [0.15, 0.2) is 23.1 Å². The number of benzene rings is 1. The lowest BCUT2D eigenvalue weighted by molar-refractivity contribution is -0.141. The first-order chi connectivity index (χ1) is 10.7. The third kappa shape index (κ3) is 4.26. The van der Waals surface area contributed by atoms with Gasteiger partial charge in [-0.2, -0.15) is 0 Å². The van der Waals surface area contributed by atoms with Crippen LogP contribution in [-0.2, 0) is 19.6 Å². The highest BCUT2D eigenvalue weighted by Gasteiger charge is 2.33. The number of nitrogens with one attached hydrogen (secondary N) is 2. The molecule has 1 aliphatic carbocycles. The number of carbonyl (C=O) groups is 2. The van der Waals surface area contributed by atoms with Gasteiger partial charge in [-0.05, 0) is 37.5 Å². The van der Waals surface area contributed by atoms with Crippen LogP contribution >= 0.6 is 0 Å². The number of amides is 1. The van der Waals surface area contributed by atoms with Crippen molar-refractivity contribution in [2.24, 2.45) is 5.92 Å². The van der Waals surface area contributed by atoms with Crippen molar-refractivity contribution in [3.8, 4) is 0 Å². The first-order valence-corrected chi connectivity index (χ1v) is 8.49. The van der Waals surface area contributed by atoms with Gasteiger partial charge in [0.15, 0.2) is 0 Å². The van der Waals surface area contributed by atoms with Gasteiger partial charge in [-0.1, -0.05) is 0 Å². The molecule has 126 valence electrons. The molecule has 1 fully saturated rings. The maximum atomic E-state index is 14.0. The first kappa shape index (κ1) is 17.4. The summed E-state index contributed by atoms with van der Waals surface area (Å²) in [6.07, 6.45) is 0.953. The van der Waals surface area contributed by atoms with Crippen LogP contribution in [0.4, 0.5) is 10.1 Å². The number of anilines is 1. The van der Waals surface area contributed by atoms with Crippen molar-refractivity contribution in [1.82, 2.24) is 4.72 Å². The lowest BCUT2D eigenvalue weighted by Gasteiger charge is -2.14. The molecule has 1 aliphatic rings. The average Bonchev–Trinajstić information content (AvgIpc) is 2.85. The molecule has 23 heavy (non-hydrogen) atoms. The van der Waals surface area contributed by atoms with Crippen LogP contribution in [0.5, 0.6) is 0 Å². The van der Waals surface area contributed by atoms with Crippen molar-refractivity contribution in [3.63, 3.8) is 0 Å². The van der Waals surface area contributed by atoms with Gasteiger partial charge < -0.3 is 10.4 Å².